The Labute approximate surface area is 244 Å². The number of amides is 3. The molecule has 12 nitrogen and oxygen atoms in total. The molecule has 226 valence electrons. The molecule has 1 aromatic heterocycles. The number of nitrogens with zero attached hydrogens (tertiary/aromatic N) is 2. The standard InChI is InChI=1S/C29H36N4O8S/c1-6-17-15-29(17,26(35)32-42(37,38)19-10-11-19)31-24(34)22-14-18(16-33(22)27(36)41-28(2,3)4)40-25-21-8-7-9-23(39-5)20(21)12-13-30-25/h6-9,12-13,17-19,22H,1,10-11,14-16H2,2-5H3,(H,31,34)(H,32,35). The lowest BCUT2D eigenvalue weighted by atomic mass is 10.1. The van der Waals surface area contributed by atoms with Crippen LogP contribution in [0.5, 0.6) is 11.6 Å². The summed E-state index contributed by atoms with van der Waals surface area (Å²) in [5, 5.41) is 3.63. The van der Waals surface area contributed by atoms with Crippen LogP contribution in [0.25, 0.3) is 10.8 Å². The summed E-state index contributed by atoms with van der Waals surface area (Å²) in [5.74, 6) is -0.933. The number of hydrogen-bond donors (Lipinski definition) is 2. The van der Waals surface area contributed by atoms with Gasteiger partial charge in [0, 0.05) is 29.3 Å². The van der Waals surface area contributed by atoms with Crippen molar-refractivity contribution in [3.63, 3.8) is 0 Å². The Kier molecular flexibility index (Phi) is 7.58. The van der Waals surface area contributed by atoms with Crippen LogP contribution in [0.1, 0.15) is 46.5 Å². The summed E-state index contributed by atoms with van der Waals surface area (Å²) < 4.78 is 44.3. The molecule has 3 fully saturated rings. The van der Waals surface area contributed by atoms with E-state index in [1.165, 1.54) is 11.0 Å². The molecule has 1 aromatic carbocycles. The quantitative estimate of drug-likeness (QED) is 0.414. The number of aromatic nitrogens is 1. The van der Waals surface area contributed by atoms with Crippen LogP contribution >= 0.6 is 0 Å². The van der Waals surface area contributed by atoms with Crippen molar-refractivity contribution < 1.29 is 37.0 Å². The summed E-state index contributed by atoms with van der Waals surface area (Å²) in [6.45, 7) is 8.91. The van der Waals surface area contributed by atoms with E-state index in [1.807, 2.05) is 18.2 Å². The Morgan fingerprint density at radius 3 is 2.52 bits per heavy atom. The number of fused-ring (bicyclic) bond motifs is 1. The molecule has 1 saturated heterocycles. The van der Waals surface area contributed by atoms with Gasteiger partial charge in [0.25, 0.3) is 5.91 Å². The van der Waals surface area contributed by atoms with Gasteiger partial charge >= 0.3 is 6.09 Å². The van der Waals surface area contributed by atoms with E-state index in [2.05, 4.69) is 21.6 Å². The van der Waals surface area contributed by atoms with Crippen molar-refractivity contribution in [2.75, 3.05) is 13.7 Å². The number of methoxy groups -OCH3 is 1. The van der Waals surface area contributed by atoms with Crippen molar-refractivity contribution in [3.8, 4) is 11.6 Å². The molecule has 3 aliphatic rings. The highest BCUT2D eigenvalue weighted by Crippen LogP contribution is 2.45. The molecule has 42 heavy (non-hydrogen) atoms. The fraction of sp³-hybridized carbons (Fsp3) is 0.517. The van der Waals surface area contributed by atoms with Crippen molar-refractivity contribution in [3.05, 3.63) is 43.1 Å². The zero-order chi connectivity index (χ0) is 30.4. The first kappa shape index (κ1) is 29.6. The summed E-state index contributed by atoms with van der Waals surface area (Å²) in [6, 6.07) is 6.23. The third kappa shape index (κ3) is 5.87. The zero-order valence-electron chi connectivity index (χ0n) is 24.1. The van der Waals surface area contributed by atoms with Gasteiger partial charge in [-0.05, 0) is 58.2 Å². The van der Waals surface area contributed by atoms with Crippen LogP contribution in [0.15, 0.2) is 43.1 Å². The predicted octanol–water partition coefficient (Wildman–Crippen LogP) is 2.67. The van der Waals surface area contributed by atoms with Gasteiger partial charge in [0.2, 0.25) is 21.8 Å². The van der Waals surface area contributed by atoms with Crippen LogP contribution in [0.4, 0.5) is 4.79 Å². The summed E-state index contributed by atoms with van der Waals surface area (Å²) in [7, 11) is -2.26. The second-order valence-electron chi connectivity index (χ2n) is 12.0. The second-order valence-corrected chi connectivity index (χ2v) is 13.9. The van der Waals surface area contributed by atoms with Crippen molar-refractivity contribution in [2.45, 2.75) is 75.0 Å². The number of hydrogen-bond acceptors (Lipinski definition) is 9. The number of nitrogens with one attached hydrogen (secondary N) is 2. The smallest absolute Gasteiger partial charge is 0.411 e. The van der Waals surface area contributed by atoms with Crippen LogP contribution in [-0.2, 0) is 24.3 Å². The Morgan fingerprint density at radius 2 is 1.90 bits per heavy atom. The minimum Gasteiger partial charge on any atom is -0.496 e. The largest absolute Gasteiger partial charge is 0.496 e. The molecule has 1 aliphatic heterocycles. The van der Waals surface area contributed by atoms with E-state index in [1.54, 1.807) is 40.1 Å². The van der Waals surface area contributed by atoms with Gasteiger partial charge in [0.1, 0.15) is 29.0 Å². The van der Waals surface area contributed by atoms with Crippen LogP contribution in [0, 0.1) is 5.92 Å². The molecule has 2 aromatic rings. The molecule has 2 heterocycles. The number of rotatable bonds is 9. The summed E-state index contributed by atoms with van der Waals surface area (Å²) in [4.78, 5) is 45.8. The van der Waals surface area contributed by atoms with Crippen LogP contribution < -0.4 is 19.5 Å². The molecule has 2 aliphatic carbocycles. The SMILES string of the molecule is C=CC1CC1(NC(=O)C1CC(Oc2nccc3c(OC)cccc23)CN1C(=O)OC(C)(C)C)C(=O)NS(=O)(=O)C1CC1. The van der Waals surface area contributed by atoms with E-state index in [0.29, 0.717) is 29.9 Å². The number of ether oxygens (including phenoxy) is 3. The number of pyridine rings is 1. The number of likely N-dealkylation sites (tertiary alicyclic amines) is 1. The summed E-state index contributed by atoms with van der Waals surface area (Å²) in [6.07, 6.45) is 3.00. The third-order valence-electron chi connectivity index (χ3n) is 7.67. The molecule has 4 atom stereocenters. The molecule has 0 bridgehead atoms. The molecule has 0 spiro atoms. The zero-order valence-corrected chi connectivity index (χ0v) is 24.9. The Bertz CT molecular complexity index is 1530. The summed E-state index contributed by atoms with van der Waals surface area (Å²) in [5.41, 5.74) is -2.30. The van der Waals surface area contributed by atoms with E-state index >= 15 is 0 Å². The van der Waals surface area contributed by atoms with Crippen LogP contribution in [0.2, 0.25) is 0 Å². The van der Waals surface area contributed by atoms with Gasteiger partial charge in [0.05, 0.1) is 18.9 Å². The van der Waals surface area contributed by atoms with Gasteiger partial charge in [0.15, 0.2) is 0 Å². The molecule has 2 N–H and O–H groups in total. The average Bonchev–Trinajstić information content (AvgIpc) is 3.84. The molecular formula is C29H36N4O8S. The fourth-order valence-electron chi connectivity index (χ4n) is 5.25. The van der Waals surface area contributed by atoms with Crippen molar-refractivity contribution in [2.24, 2.45) is 5.92 Å². The molecule has 5 rings (SSSR count). The van der Waals surface area contributed by atoms with E-state index < -0.39 is 62.4 Å². The molecule has 13 heteroatoms. The highest BCUT2D eigenvalue weighted by atomic mass is 32.2. The average molecular weight is 601 g/mol. The van der Waals surface area contributed by atoms with E-state index in [0.717, 1.165) is 5.39 Å². The van der Waals surface area contributed by atoms with Crippen molar-refractivity contribution in [1.29, 1.82) is 0 Å². The Morgan fingerprint density at radius 1 is 1.17 bits per heavy atom. The van der Waals surface area contributed by atoms with Crippen molar-refractivity contribution >= 4 is 38.7 Å². The number of carbonyl (C=O) groups excluding carboxylic acids is 3. The number of benzene rings is 1. The van der Waals surface area contributed by atoms with Gasteiger partial charge in [-0.1, -0.05) is 12.1 Å². The maximum atomic E-state index is 13.7. The van der Waals surface area contributed by atoms with E-state index in [4.69, 9.17) is 14.2 Å². The van der Waals surface area contributed by atoms with Gasteiger partial charge in [-0.2, -0.15) is 0 Å². The maximum absolute atomic E-state index is 13.7. The first-order chi connectivity index (χ1) is 19.8. The minimum absolute atomic E-state index is 0.0230. The molecule has 4 unspecified atom stereocenters. The Balaban J connectivity index is 1.38. The first-order valence-electron chi connectivity index (χ1n) is 13.9. The molecule has 3 amide bonds. The van der Waals surface area contributed by atoms with Crippen molar-refractivity contribution in [1.82, 2.24) is 19.9 Å². The minimum atomic E-state index is -3.83. The maximum Gasteiger partial charge on any atom is 0.411 e. The first-order valence-corrected chi connectivity index (χ1v) is 15.4. The lowest BCUT2D eigenvalue weighted by molar-refractivity contribution is -0.131. The van der Waals surface area contributed by atoms with Gasteiger partial charge in [-0.3, -0.25) is 19.2 Å². The Hall–Kier alpha value is -3.87. The monoisotopic (exact) mass is 600 g/mol. The van der Waals surface area contributed by atoms with Gasteiger partial charge < -0.3 is 19.5 Å². The third-order valence-corrected chi connectivity index (χ3v) is 9.49. The summed E-state index contributed by atoms with van der Waals surface area (Å²) >= 11 is 0. The normalized spacial score (nSPS) is 25.4. The van der Waals surface area contributed by atoms with Crippen LogP contribution in [0.3, 0.4) is 0 Å². The molecular weight excluding hydrogens is 564 g/mol. The fourth-order valence-corrected chi connectivity index (χ4v) is 6.62. The highest BCUT2D eigenvalue weighted by molar-refractivity contribution is 7.91. The number of sulfonamides is 1. The van der Waals surface area contributed by atoms with E-state index in [9.17, 15) is 22.8 Å². The van der Waals surface area contributed by atoms with Crippen LogP contribution in [-0.4, -0.2) is 78.4 Å². The molecule has 0 radical (unpaired) electrons. The van der Waals surface area contributed by atoms with E-state index in [-0.39, 0.29) is 19.4 Å². The lowest BCUT2D eigenvalue weighted by Gasteiger charge is -2.29. The molecule has 2 saturated carbocycles. The second kappa shape index (κ2) is 10.8. The highest BCUT2D eigenvalue weighted by Gasteiger charge is 2.62. The number of carbonyl (C=O) groups is 3. The topological polar surface area (TPSA) is 153 Å². The predicted molar refractivity (Wildman–Crippen MR) is 153 cm³/mol. The van der Waals surface area contributed by atoms with Gasteiger partial charge in [-0.15, -0.1) is 6.58 Å². The lowest BCUT2D eigenvalue weighted by Crippen LogP contribution is -2.56. The van der Waals surface area contributed by atoms with Gasteiger partial charge in [-0.25, -0.2) is 18.2 Å².